The number of nitrogens with two attached hydrogens (primary N) is 2. The molecule has 0 amide bonds. The summed E-state index contributed by atoms with van der Waals surface area (Å²) < 4.78 is 11.1. The molecule has 0 aliphatic rings. The second kappa shape index (κ2) is 5.92. The van der Waals surface area contributed by atoms with E-state index < -0.39 is 0 Å². The first-order valence-electron chi connectivity index (χ1n) is 6.33. The Morgan fingerprint density at radius 1 is 0.636 bits per heavy atom. The number of aromatic nitrogens is 4. The van der Waals surface area contributed by atoms with Gasteiger partial charge in [-0.25, -0.2) is 0 Å². The number of rotatable bonds is 4. The lowest BCUT2D eigenvalue weighted by Gasteiger charge is -2.07. The molecule has 0 saturated carbocycles. The molecule has 4 N–H and O–H groups in total. The number of nitrogen functional groups attached to an aromatic ring is 2. The fourth-order valence-electron chi connectivity index (χ4n) is 1.61. The van der Waals surface area contributed by atoms with Crippen LogP contribution < -0.4 is 20.9 Å². The van der Waals surface area contributed by atoms with Gasteiger partial charge in [-0.15, -0.1) is 20.4 Å². The van der Waals surface area contributed by atoms with E-state index in [9.17, 15) is 0 Å². The van der Waals surface area contributed by atoms with Gasteiger partial charge in [0.1, 0.15) is 23.1 Å². The predicted octanol–water partition coefficient (Wildman–Crippen LogP) is 2.02. The van der Waals surface area contributed by atoms with Gasteiger partial charge in [0.05, 0.1) is 0 Å². The van der Waals surface area contributed by atoms with Crippen LogP contribution in [0.1, 0.15) is 0 Å². The van der Waals surface area contributed by atoms with Crippen molar-refractivity contribution < 1.29 is 9.47 Å². The van der Waals surface area contributed by atoms with Crippen molar-refractivity contribution in [2.45, 2.75) is 0 Å². The Hall–Kier alpha value is -3.42. The van der Waals surface area contributed by atoms with Gasteiger partial charge in [0.25, 0.3) is 0 Å². The van der Waals surface area contributed by atoms with Crippen molar-refractivity contribution >= 4 is 11.6 Å². The van der Waals surface area contributed by atoms with Gasteiger partial charge in [0.15, 0.2) is 0 Å². The van der Waals surface area contributed by atoms with E-state index in [0.29, 0.717) is 34.9 Å². The quantitative estimate of drug-likeness (QED) is 0.749. The zero-order valence-electron chi connectivity index (χ0n) is 11.4. The molecule has 0 aliphatic heterocycles. The molecule has 1 aromatic carbocycles. The van der Waals surface area contributed by atoms with Gasteiger partial charge in [0, 0.05) is 18.2 Å². The lowest BCUT2D eigenvalue weighted by atomic mass is 10.3. The highest BCUT2D eigenvalue weighted by Gasteiger charge is 2.04. The first-order valence-corrected chi connectivity index (χ1v) is 6.33. The molecule has 0 unspecified atom stereocenters. The summed E-state index contributed by atoms with van der Waals surface area (Å²) in [4.78, 5) is 0. The topological polar surface area (TPSA) is 122 Å². The van der Waals surface area contributed by atoms with Gasteiger partial charge in [-0.05, 0) is 24.3 Å². The molecule has 0 aliphatic carbocycles. The number of hydrogen-bond acceptors (Lipinski definition) is 8. The lowest BCUT2D eigenvalue weighted by Crippen LogP contribution is -1.96. The molecule has 0 bridgehead atoms. The van der Waals surface area contributed by atoms with E-state index in [4.69, 9.17) is 20.9 Å². The predicted molar refractivity (Wildman–Crippen MR) is 79.5 cm³/mol. The van der Waals surface area contributed by atoms with Gasteiger partial charge in [-0.3, -0.25) is 0 Å². The van der Waals surface area contributed by atoms with Crippen LogP contribution in [0, 0.1) is 0 Å². The van der Waals surface area contributed by atoms with E-state index in [1.165, 1.54) is 0 Å². The molecule has 2 aromatic heterocycles. The molecule has 0 spiro atoms. The van der Waals surface area contributed by atoms with Crippen LogP contribution in [0.5, 0.6) is 23.3 Å². The van der Waals surface area contributed by atoms with Gasteiger partial charge < -0.3 is 20.9 Å². The molecule has 8 heteroatoms. The molecular weight excluding hydrogens is 284 g/mol. The first kappa shape index (κ1) is 13.6. The lowest BCUT2D eigenvalue weighted by molar-refractivity contribution is 0.435. The van der Waals surface area contributed by atoms with Crippen LogP contribution in [0.3, 0.4) is 0 Å². The first-order chi connectivity index (χ1) is 10.7. The Morgan fingerprint density at radius 2 is 1.14 bits per heavy atom. The van der Waals surface area contributed by atoms with Gasteiger partial charge in [-0.1, -0.05) is 6.07 Å². The zero-order valence-corrected chi connectivity index (χ0v) is 11.4. The second-order valence-electron chi connectivity index (χ2n) is 4.27. The Balaban J connectivity index is 1.74. The molecule has 8 nitrogen and oxygen atoms in total. The molecule has 3 aromatic rings. The van der Waals surface area contributed by atoms with Crippen LogP contribution in [-0.4, -0.2) is 20.4 Å². The summed E-state index contributed by atoms with van der Waals surface area (Å²) in [5.41, 5.74) is 10.9. The van der Waals surface area contributed by atoms with Crippen molar-refractivity contribution in [3.05, 3.63) is 48.5 Å². The van der Waals surface area contributed by atoms with E-state index in [2.05, 4.69) is 20.4 Å². The van der Waals surface area contributed by atoms with Crippen LogP contribution in [0.25, 0.3) is 0 Å². The summed E-state index contributed by atoms with van der Waals surface area (Å²) in [7, 11) is 0. The summed E-state index contributed by atoms with van der Waals surface area (Å²) in [6, 6.07) is 13.5. The highest BCUT2D eigenvalue weighted by molar-refractivity contribution is 5.38. The van der Waals surface area contributed by atoms with Crippen LogP contribution in [0.15, 0.2) is 48.5 Å². The van der Waals surface area contributed by atoms with Crippen molar-refractivity contribution in [2.24, 2.45) is 0 Å². The van der Waals surface area contributed by atoms with E-state index in [1.54, 1.807) is 48.5 Å². The smallest absolute Gasteiger partial charge is 0.238 e. The molecule has 0 radical (unpaired) electrons. The van der Waals surface area contributed by atoms with E-state index >= 15 is 0 Å². The number of benzene rings is 1. The third-order valence-corrected chi connectivity index (χ3v) is 2.57. The van der Waals surface area contributed by atoms with Crippen molar-refractivity contribution in [2.75, 3.05) is 11.5 Å². The Bertz CT molecular complexity index is 698. The standard InChI is InChI=1S/C14H12N6O2/c15-11-4-6-13(19-17-11)21-9-2-1-3-10(8-9)22-14-7-5-12(16)18-20-14/h1-8H,(H2,15,17)(H2,16,18). The minimum absolute atomic E-state index is 0.325. The average Bonchev–Trinajstić information content (AvgIpc) is 2.52. The summed E-state index contributed by atoms with van der Waals surface area (Å²) in [5.74, 6) is 2.40. The summed E-state index contributed by atoms with van der Waals surface area (Å²) in [6.45, 7) is 0. The van der Waals surface area contributed by atoms with E-state index in [1.807, 2.05) is 0 Å². The van der Waals surface area contributed by atoms with Crippen molar-refractivity contribution in [3.63, 3.8) is 0 Å². The Labute approximate surface area is 125 Å². The average molecular weight is 296 g/mol. The molecule has 3 rings (SSSR count). The Kier molecular flexibility index (Phi) is 3.65. The molecular formula is C14H12N6O2. The number of nitrogens with zero attached hydrogens (tertiary/aromatic N) is 4. The maximum Gasteiger partial charge on any atom is 0.238 e. The fourth-order valence-corrected chi connectivity index (χ4v) is 1.61. The van der Waals surface area contributed by atoms with E-state index in [-0.39, 0.29) is 0 Å². The molecule has 0 atom stereocenters. The normalized spacial score (nSPS) is 10.2. The Morgan fingerprint density at radius 3 is 1.55 bits per heavy atom. The van der Waals surface area contributed by atoms with Crippen molar-refractivity contribution in [1.82, 2.24) is 20.4 Å². The van der Waals surface area contributed by atoms with Crippen molar-refractivity contribution in [1.29, 1.82) is 0 Å². The summed E-state index contributed by atoms with van der Waals surface area (Å²) in [5, 5.41) is 15.1. The van der Waals surface area contributed by atoms with Crippen molar-refractivity contribution in [3.8, 4) is 23.3 Å². The summed E-state index contributed by atoms with van der Waals surface area (Å²) >= 11 is 0. The minimum Gasteiger partial charge on any atom is -0.437 e. The maximum atomic E-state index is 5.57. The monoisotopic (exact) mass is 296 g/mol. The second-order valence-corrected chi connectivity index (χ2v) is 4.27. The maximum absolute atomic E-state index is 5.57. The largest absolute Gasteiger partial charge is 0.437 e. The number of ether oxygens (including phenoxy) is 2. The van der Waals surface area contributed by atoms with Crippen LogP contribution >= 0.6 is 0 Å². The molecule has 22 heavy (non-hydrogen) atoms. The minimum atomic E-state index is 0.325. The highest BCUT2D eigenvalue weighted by atomic mass is 16.5. The zero-order chi connectivity index (χ0) is 15.4. The molecule has 2 heterocycles. The number of anilines is 2. The fraction of sp³-hybridized carbons (Fsp3) is 0. The summed E-state index contributed by atoms with van der Waals surface area (Å²) in [6.07, 6.45) is 0. The molecule has 0 fully saturated rings. The highest BCUT2D eigenvalue weighted by Crippen LogP contribution is 2.26. The molecule has 0 saturated heterocycles. The third kappa shape index (κ3) is 3.37. The third-order valence-electron chi connectivity index (χ3n) is 2.57. The van der Waals surface area contributed by atoms with Crippen LogP contribution in [0.4, 0.5) is 11.6 Å². The van der Waals surface area contributed by atoms with Gasteiger partial charge in [-0.2, -0.15) is 0 Å². The van der Waals surface area contributed by atoms with E-state index in [0.717, 1.165) is 0 Å². The van der Waals surface area contributed by atoms with Crippen LogP contribution in [-0.2, 0) is 0 Å². The number of hydrogen-bond donors (Lipinski definition) is 2. The SMILES string of the molecule is Nc1ccc(Oc2cccc(Oc3ccc(N)nn3)c2)nn1. The molecule has 110 valence electrons. The van der Waals surface area contributed by atoms with Gasteiger partial charge >= 0.3 is 0 Å². The van der Waals surface area contributed by atoms with Gasteiger partial charge in [0.2, 0.25) is 11.8 Å². The van der Waals surface area contributed by atoms with Crippen LogP contribution in [0.2, 0.25) is 0 Å².